The molecule has 0 fully saturated rings. The molecule has 0 bridgehead atoms. The second-order valence-electron chi connectivity index (χ2n) is 9.00. The summed E-state index contributed by atoms with van der Waals surface area (Å²) in [6.45, 7) is 6.39. The van der Waals surface area contributed by atoms with Crippen LogP contribution in [0.1, 0.15) is 44.2 Å². The lowest BCUT2D eigenvalue weighted by atomic mass is 10.1. The molecule has 0 radical (unpaired) electrons. The first-order valence-electron chi connectivity index (χ1n) is 11.7. The van der Waals surface area contributed by atoms with Crippen molar-refractivity contribution in [2.45, 2.75) is 57.5 Å². The van der Waals surface area contributed by atoms with E-state index in [-0.39, 0.29) is 6.03 Å². The molecule has 7 nitrogen and oxygen atoms in total. The lowest BCUT2D eigenvalue weighted by molar-refractivity contribution is -0.175. The summed E-state index contributed by atoms with van der Waals surface area (Å²) < 4.78 is 5.46. The van der Waals surface area contributed by atoms with Gasteiger partial charge in [0, 0.05) is 29.7 Å². The molecular weight excluding hydrogens is 448 g/mol. The Bertz CT molecular complexity index is 1090. The van der Waals surface area contributed by atoms with Crippen LogP contribution in [0.25, 0.3) is 0 Å². The van der Waals surface area contributed by atoms with Crippen molar-refractivity contribution in [2.75, 3.05) is 28.7 Å². The van der Waals surface area contributed by atoms with Crippen molar-refractivity contribution in [3.8, 4) is 0 Å². The number of aliphatic hydroxyl groups is 1. The zero-order valence-corrected chi connectivity index (χ0v) is 20.8. The second kappa shape index (κ2) is 10.7. The Kier molecular flexibility index (Phi) is 7.70. The summed E-state index contributed by atoms with van der Waals surface area (Å²) in [5, 5.41) is 10.5. The molecule has 2 heterocycles. The average molecular weight is 481 g/mol. The van der Waals surface area contributed by atoms with E-state index in [4.69, 9.17) is 9.72 Å². The predicted molar refractivity (Wildman–Crippen MR) is 136 cm³/mol. The second-order valence-corrected chi connectivity index (χ2v) is 9.95. The molecule has 1 aliphatic carbocycles. The number of ether oxygens (including phenoxy) is 1. The van der Waals surface area contributed by atoms with Crippen molar-refractivity contribution < 1.29 is 14.6 Å². The number of hydrogen-bond acceptors (Lipinski definition) is 6. The van der Waals surface area contributed by atoms with Crippen molar-refractivity contribution in [3.05, 3.63) is 65.4 Å². The van der Waals surface area contributed by atoms with Crippen LogP contribution >= 0.6 is 11.8 Å². The minimum atomic E-state index is -1.20. The van der Waals surface area contributed by atoms with Crippen molar-refractivity contribution in [1.82, 2.24) is 9.97 Å². The van der Waals surface area contributed by atoms with Gasteiger partial charge in [0.05, 0.1) is 13.2 Å². The number of para-hydroxylation sites is 1. The number of anilines is 2. The van der Waals surface area contributed by atoms with Crippen molar-refractivity contribution in [2.24, 2.45) is 0 Å². The molecule has 1 N–H and O–H groups in total. The van der Waals surface area contributed by atoms with Gasteiger partial charge in [-0.2, -0.15) is 0 Å². The third-order valence-corrected chi connectivity index (χ3v) is 6.63. The fourth-order valence-electron chi connectivity index (χ4n) is 3.99. The summed E-state index contributed by atoms with van der Waals surface area (Å²) in [4.78, 5) is 26.5. The summed E-state index contributed by atoms with van der Waals surface area (Å²) >= 11 is 1.58. The molecule has 1 aromatic heterocycles. The molecule has 1 aliphatic heterocycles. The molecule has 1 aromatic carbocycles. The largest absolute Gasteiger partial charge is 0.366 e. The number of aryl methyl sites for hydroxylation is 1. The number of fused-ring (bicyclic) bond motifs is 1. The monoisotopic (exact) mass is 480 g/mol. The molecule has 8 heteroatoms. The molecular formula is C26H32N4O3S. The molecule has 0 atom stereocenters. The Hall–Kier alpha value is -2.68. The summed E-state index contributed by atoms with van der Waals surface area (Å²) in [7, 11) is 0. The average Bonchev–Trinajstić information content (AvgIpc) is 2.82. The molecule has 2 aliphatic rings. The van der Waals surface area contributed by atoms with Crippen LogP contribution in [-0.2, 0) is 11.3 Å². The first-order valence-corrected chi connectivity index (χ1v) is 12.7. The summed E-state index contributed by atoms with van der Waals surface area (Å²) in [6.07, 6.45) is 11.2. The third-order valence-electron chi connectivity index (χ3n) is 5.69. The van der Waals surface area contributed by atoms with Gasteiger partial charge in [-0.15, -0.1) is 0 Å². The van der Waals surface area contributed by atoms with Crippen molar-refractivity contribution in [1.29, 1.82) is 0 Å². The number of urea groups is 1. The van der Waals surface area contributed by atoms with Gasteiger partial charge >= 0.3 is 6.03 Å². The van der Waals surface area contributed by atoms with Crippen molar-refractivity contribution >= 4 is 29.3 Å². The van der Waals surface area contributed by atoms with Crippen LogP contribution in [-0.4, -0.2) is 45.8 Å². The molecule has 0 saturated carbocycles. The summed E-state index contributed by atoms with van der Waals surface area (Å²) in [5.41, 5.74) is 4.10. The quantitative estimate of drug-likeness (QED) is 0.229. The minimum absolute atomic E-state index is 0.113. The van der Waals surface area contributed by atoms with Gasteiger partial charge in [0.25, 0.3) is 0 Å². The SMILES string of the molecule is Cc1ccccc1N1Cc2cnc(SCC3=CCCC=C3)nc2N(CCCOC(C)(C)O)C1=O. The highest BCUT2D eigenvalue weighted by molar-refractivity contribution is 7.99. The maximum Gasteiger partial charge on any atom is 0.330 e. The van der Waals surface area contributed by atoms with Gasteiger partial charge in [0.15, 0.2) is 10.9 Å². The van der Waals surface area contributed by atoms with E-state index in [1.807, 2.05) is 37.4 Å². The number of thioether (sulfide) groups is 1. The molecule has 34 heavy (non-hydrogen) atoms. The Labute approximate surface area is 205 Å². The lowest BCUT2D eigenvalue weighted by Gasteiger charge is -2.36. The van der Waals surface area contributed by atoms with E-state index in [1.165, 1.54) is 5.57 Å². The van der Waals surface area contributed by atoms with Gasteiger partial charge in [0.1, 0.15) is 5.82 Å². The van der Waals surface area contributed by atoms with Crippen LogP contribution in [0.15, 0.2) is 59.4 Å². The van der Waals surface area contributed by atoms with Gasteiger partial charge in [0.2, 0.25) is 0 Å². The lowest BCUT2D eigenvalue weighted by Crippen LogP contribution is -2.48. The zero-order valence-electron chi connectivity index (χ0n) is 20.0. The molecule has 180 valence electrons. The minimum Gasteiger partial charge on any atom is -0.366 e. The zero-order chi connectivity index (χ0) is 24.1. The number of hydrogen-bond donors (Lipinski definition) is 1. The maximum atomic E-state index is 13.6. The molecule has 2 amide bonds. The molecule has 0 spiro atoms. The fraction of sp³-hybridized carbons (Fsp3) is 0.423. The van der Waals surface area contributed by atoms with Gasteiger partial charge in [-0.3, -0.25) is 9.80 Å². The van der Waals surface area contributed by atoms with Crippen molar-refractivity contribution in [3.63, 3.8) is 0 Å². The van der Waals surface area contributed by atoms with Gasteiger partial charge in [-0.05, 0) is 57.2 Å². The molecule has 4 rings (SSSR count). The highest BCUT2D eigenvalue weighted by atomic mass is 32.2. The first kappa shape index (κ1) is 24.4. The summed E-state index contributed by atoms with van der Waals surface area (Å²) in [6, 6.07) is 7.76. The maximum absolute atomic E-state index is 13.6. The number of benzene rings is 1. The standard InChI is InChI=1S/C26H32N4O3S/c1-19-10-7-8-13-22(19)30-17-21-16-27-24(34-18-20-11-5-4-6-12-20)28-23(21)29(25(30)31)14-9-15-33-26(2,3)32/h5,7-8,10-13,16,32H,4,6,9,14-15,17-18H2,1-3H3. The third kappa shape index (κ3) is 6.05. The van der Waals surface area contributed by atoms with Crippen LogP contribution < -0.4 is 9.80 Å². The fourth-order valence-corrected chi connectivity index (χ4v) is 4.78. The Morgan fingerprint density at radius 2 is 2.06 bits per heavy atom. The van der Waals surface area contributed by atoms with E-state index in [1.54, 1.807) is 35.4 Å². The van der Waals surface area contributed by atoms with Gasteiger partial charge in [-0.1, -0.05) is 48.2 Å². The highest BCUT2D eigenvalue weighted by Crippen LogP contribution is 2.33. The Morgan fingerprint density at radius 1 is 1.24 bits per heavy atom. The van der Waals surface area contributed by atoms with Crippen LogP contribution in [0.5, 0.6) is 0 Å². The number of rotatable bonds is 9. The number of carbonyl (C=O) groups is 1. The van der Waals surface area contributed by atoms with Crippen LogP contribution in [0, 0.1) is 6.92 Å². The number of aromatic nitrogens is 2. The number of carbonyl (C=O) groups excluding carboxylic acids is 1. The Morgan fingerprint density at radius 3 is 2.79 bits per heavy atom. The van der Waals surface area contributed by atoms with E-state index in [2.05, 4.69) is 23.2 Å². The number of nitrogens with zero attached hydrogens (tertiary/aromatic N) is 4. The van der Waals surface area contributed by atoms with E-state index in [0.717, 1.165) is 35.4 Å². The number of allylic oxidation sites excluding steroid dienone is 3. The normalized spacial score (nSPS) is 16.0. The Balaban J connectivity index is 1.57. The highest BCUT2D eigenvalue weighted by Gasteiger charge is 2.33. The van der Waals surface area contributed by atoms with Crippen LogP contribution in [0.3, 0.4) is 0 Å². The molecule has 2 aromatic rings. The smallest absolute Gasteiger partial charge is 0.330 e. The van der Waals surface area contributed by atoms with Crippen LogP contribution in [0.2, 0.25) is 0 Å². The predicted octanol–water partition coefficient (Wildman–Crippen LogP) is 5.24. The van der Waals surface area contributed by atoms with E-state index in [9.17, 15) is 9.90 Å². The van der Waals surface area contributed by atoms with Gasteiger partial charge < -0.3 is 9.84 Å². The van der Waals surface area contributed by atoms with Crippen LogP contribution in [0.4, 0.5) is 16.3 Å². The van der Waals surface area contributed by atoms with E-state index in [0.29, 0.717) is 37.1 Å². The molecule has 0 saturated heterocycles. The van der Waals surface area contributed by atoms with Gasteiger partial charge in [-0.25, -0.2) is 14.8 Å². The first-order chi connectivity index (χ1) is 16.3. The van der Waals surface area contributed by atoms with E-state index >= 15 is 0 Å². The molecule has 0 unspecified atom stereocenters. The summed E-state index contributed by atoms with van der Waals surface area (Å²) in [5.74, 6) is 0.257. The topological polar surface area (TPSA) is 78.8 Å². The number of amides is 2. The van der Waals surface area contributed by atoms with E-state index < -0.39 is 5.79 Å².